The van der Waals surface area contributed by atoms with Crippen LogP contribution in [-0.2, 0) is 4.74 Å². The van der Waals surface area contributed by atoms with Gasteiger partial charge in [0.25, 0.3) is 0 Å². The Morgan fingerprint density at radius 3 is 1.68 bits per heavy atom. The number of nitrogens with one attached hydrogen (secondary N) is 1. The second kappa shape index (κ2) is 7.08. The number of hydrogen-bond donors (Lipinski definition) is 1. The van der Waals surface area contributed by atoms with Gasteiger partial charge in [0.1, 0.15) is 0 Å². The van der Waals surface area contributed by atoms with Crippen LogP contribution in [0.2, 0.25) is 0 Å². The minimum atomic E-state index is 0.273. The molecular weight excluding hydrogens is 234 g/mol. The summed E-state index contributed by atoms with van der Waals surface area (Å²) < 4.78 is 5.73. The summed E-state index contributed by atoms with van der Waals surface area (Å²) in [6.07, 6.45) is 7.88. The molecule has 0 aliphatic heterocycles. The zero-order valence-corrected chi connectivity index (χ0v) is 14.0. The molecule has 2 aliphatic rings. The van der Waals surface area contributed by atoms with E-state index in [1.165, 1.54) is 38.5 Å². The lowest BCUT2D eigenvalue weighted by molar-refractivity contribution is -0.138. The molecule has 2 fully saturated rings. The van der Waals surface area contributed by atoms with Gasteiger partial charge < -0.3 is 10.1 Å². The lowest BCUT2D eigenvalue weighted by Crippen LogP contribution is -2.55. The van der Waals surface area contributed by atoms with E-state index < -0.39 is 0 Å². The van der Waals surface area contributed by atoms with E-state index in [1.54, 1.807) is 0 Å². The molecule has 0 aromatic carbocycles. The SMILES string of the molecule is CCC1(NC)CCC1C.CCOC1(CC)CCC1C. The zero-order chi connectivity index (χ0) is 14.5. The monoisotopic (exact) mass is 269 g/mol. The van der Waals surface area contributed by atoms with Gasteiger partial charge in [0.2, 0.25) is 0 Å². The van der Waals surface area contributed by atoms with E-state index in [2.05, 4.69) is 47.0 Å². The molecule has 0 radical (unpaired) electrons. The Balaban J connectivity index is 0.000000191. The van der Waals surface area contributed by atoms with Gasteiger partial charge in [-0.25, -0.2) is 0 Å². The van der Waals surface area contributed by atoms with E-state index in [9.17, 15) is 0 Å². The lowest BCUT2D eigenvalue weighted by atomic mass is 9.66. The lowest BCUT2D eigenvalue weighted by Gasteiger charge is -2.47. The quantitative estimate of drug-likeness (QED) is 0.799. The summed E-state index contributed by atoms with van der Waals surface area (Å²) >= 11 is 0. The Hall–Kier alpha value is -0.0800. The third-order valence-corrected chi connectivity index (χ3v) is 6.02. The molecular formula is C17H35NO. The summed E-state index contributed by atoms with van der Waals surface area (Å²) in [6, 6.07) is 0. The highest BCUT2D eigenvalue weighted by molar-refractivity contribution is 4.98. The van der Waals surface area contributed by atoms with Gasteiger partial charge in [-0.3, -0.25) is 0 Å². The predicted octanol–water partition coefficient (Wildman–Crippen LogP) is 4.39. The molecule has 2 saturated carbocycles. The molecule has 2 rings (SSSR count). The molecule has 114 valence electrons. The van der Waals surface area contributed by atoms with Crippen molar-refractivity contribution in [3.63, 3.8) is 0 Å². The molecule has 0 aromatic heterocycles. The van der Waals surface area contributed by atoms with Gasteiger partial charge in [-0.2, -0.15) is 0 Å². The highest BCUT2D eigenvalue weighted by Crippen LogP contribution is 2.43. The molecule has 1 N–H and O–H groups in total. The maximum absolute atomic E-state index is 5.73. The van der Waals surface area contributed by atoms with Crippen LogP contribution in [0, 0.1) is 11.8 Å². The Kier molecular flexibility index (Phi) is 6.32. The van der Waals surface area contributed by atoms with Gasteiger partial charge in [0.05, 0.1) is 5.60 Å². The fourth-order valence-electron chi connectivity index (χ4n) is 3.74. The Morgan fingerprint density at radius 2 is 1.63 bits per heavy atom. The topological polar surface area (TPSA) is 21.3 Å². The van der Waals surface area contributed by atoms with Crippen LogP contribution < -0.4 is 5.32 Å². The average molecular weight is 269 g/mol. The molecule has 0 heterocycles. The smallest absolute Gasteiger partial charge is 0.0705 e. The van der Waals surface area contributed by atoms with E-state index in [4.69, 9.17) is 4.74 Å². The first kappa shape index (κ1) is 17.0. The zero-order valence-electron chi connectivity index (χ0n) is 14.0. The second-order valence-electron chi connectivity index (χ2n) is 6.49. The largest absolute Gasteiger partial charge is 0.375 e. The minimum absolute atomic E-state index is 0.273. The van der Waals surface area contributed by atoms with Crippen LogP contribution in [0.4, 0.5) is 0 Å². The van der Waals surface area contributed by atoms with E-state index >= 15 is 0 Å². The summed E-state index contributed by atoms with van der Waals surface area (Å²) in [4.78, 5) is 0. The highest BCUT2D eigenvalue weighted by atomic mass is 16.5. The Morgan fingerprint density at radius 1 is 1.00 bits per heavy atom. The minimum Gasteiger partial charge on any atom is -0.375 e. The average Bonchev–Trinajstić information content (AvgIpc) is 2.43. The molecule has 4 atom stereocenters. The Labute approximate surface area is 120 Å². The van der Waals surface area contributed by atoms with Crippen LogP contribution in [0.15, 0.2) is 0 Å². The second-order valence-corrected chi connectivity index (χ2v) is 6.49. The number of hydrogen-bond acceptors (Lipinski definition) is 2. The Bertz CT molecular complexity index is 252. The summed E-state index contributed by atoms with van der Waals surface area (Å²) in [7, 11) is 2.08. The van der Waals surface area contributed by atoms with Crippen LogP contribution in [0.3, 0.4) is 0 Å². The third kappa shape index (κ3) is 3.33. The predicted molar refractivity (Wildman–Crippen MR) is 83.5 cm³/mol. The van der Waals surface area contributed by atoms with Crippen molar-refractivity contribution in [2.45, 2.75) is 84.3 Å². The fraction of sp³-hybridized carbons (Fsp3) is 1.00. The van der Waals surface area contributed by atoms with E-state index in [1.807, 2.05) is 0 Å². The van der Waals surface area contributed by atoms with Gasteiger partial charge in [0.15, 0.2) is 0 Å². The molecule has 4 unspecified atom stereocenters. The van der Waals surface area contributed by atoms with Crippen molar-refractivity contribution >= 4 is 0 Å². The molecule has 19 heavy (non-hydrogen) atoms. The first-order chi connectivity index (χ1) is 9.00. The maximum Gasteiger partial charge on any atom is 0.0705 e. The van der Waals surface area contributed by atoms with Crippen molar-refractivity contribution in [2.24, 2.45) is 11.8 Å². The van der Waals surface area contributed by atoms with Crippen LogP contribution in [0.1, 0.15) is 73.1 Å². The van der Waals surface area contributed by atoms with Gasteiger partial charge in [-0.05, 0) is 64.3 Å². The van der Waals surface area contributed by atoms with Crippen LogP contribution in [0.5, 0.6) is 0 Å². The first-order valence-corrected chi connectivity index (χ1v) is 8.33. The number of ether oxygens (including phenoxy) is 1. The molecule has 0 aromatic rings. The summed E-state index contributed by atoms with van der Waals surface area (Å²) in [6.45, 7) is 12.1. The van der Waals surface area contributed by atoms with Crippen molar-refractivity contribution < 1.29 is 4.74 Å². The van der Waals surface area contributed by atoms with Crippen molar-refractivity contribution in [2.75, 3.05) is 13.7 Å². The van der Waals surface area contributed by atoms with Gasteiger partial charge >= 0.3 is 0 Å². The van der Waals surface area contributed by atoms with E-state index in [0.29, 0.717) is 5.54 Å². The van der Waals surface area contributed by atoms with Crippen LogP contribution >= 0.6 is 0 Å². The third-order valence-electron chi connectivity index (χ3n) is 6.02. The van der Waals surface area contributed by atoms with E-state index in [-0.39, 0.29) is 5.60 Å². The highest BCUT2D eigenvalue weighted by Gasteiger charge is 2.43. The van der Waals surface area contributed by atoms with Gasteiger partial charge in [-0.15, -0.1) is 0 Å². The molecule has 2 aliphatic carbocycles. The summed E-state index contributed by atoms with van der Waals surface area (Å²) in [5, 5.41) is 3.41. The van der Waals surface area contributed by atoms with Crippen molar-refractivity contribution in [1.82, 2.24) is 5.32 Å². The normalized spacial score (nSPS) is 40.7. The maximum atomic E-state index is 5.73. The number of rotatable bonds is 5. The molecule has 0 amide bonds. The van der Waals surface area contributed by atoms with E-state index in [0.717, 1.165) is 18.4 Å². The van der Waals surface area contributed by atoms with Crippen molar-refractivity contribution in [3.8, 4) is 0 Å². The van der Waals surface area contributed by atoms with Gasteiger partial charge in [0, 0.05) is 12.1 Å². The molecule has 2 heteroatoms. The molecule has 0 bridgehead atoms. The van der Waals surface area contributed by atoms with Crippen molar-refractivity contribution in [1.29, 1.82) is 0 Å². The van der Waals surface area contributed by atoms with Crippen LogP contribution in [-0.4, -0.2) is 24.8 Å². The van der Waals surface area contributed by atoms with Crippen molar-refractivity contribution in [3.05, 3.63) is 0 Å². The summed E-state index contributed by atoms with van der Waals surface area (Å²) in [5.74, 6) is 1.69. The first-order valence-electron chi connectivity index (χ1n) is 8.33. The molecule has 0 spiro atoms. The van der Waals surface area contributed by atoms with Gasteiger partial charge in [-0.1, -0.05) is 27.7 Å². The molecule has 0 saturated heterocycles. The molecule has 2 nitrogen and oxygen atoms in total. The standard InChI is InChI=1S/C9H18O.C8H17N/c1-4-9(10-5-2)7-6-8(9)3;1-4-8(9-3)6-5-7(8)2/h8H,4-7H2,1-3H3;7,9H,4-6H2,1-3H3. The summed E-state index contributed by atoms with van der Waals surface area (Å²) in [5.41, 5.74) is 0.786. The van der Waals surface area contributed by atoms with Crippen LogP contribution in [0.25, 0.3) is 0 Å². The fourth-order valence-corrected chi connectivity index (χ4v) is 3.74.